The lowest BCUT2D eigenvalue weighted by Gasteiger charge is -2.35. The van der Waals surface area contributed by atoms with Crippen LogP contribution in [0.4, 0.5) is 30.6 Å². The zero-order chi connectivity index (χ0) is 28.9. The molecule has 0 radical (unpaired) electrons. The topological polar surface area (TPSA) is 126 Å². The summed E-state index contributed by atoms with van der Waals surface area (Å²) in [5.74, 6) is -1.56. The molecule has 2 aromatic rings. The maximum absolute atomic E-state index is 13.7. The molecule has 40 heavy (non-hydrogen) atoms. The van der Waals surface area contributed by atoms with Crippen LogP contribution in [0.3, 0.4) is 0 Å². The van der Waals surface area contributed by atoms with Crippen LogP contribution in [0.2, 0.25) is 0 Å². The molecular weight excluding hydrogens is 525 g/mol. The first kappa shape index (κ1) is 29.1. The Bertz CT molecular complexity index is 1240. The lowest BCUT2D eigenvalue weighted by Crippen LogP contribution is -2.44. The summed E-state index contributed by atoms with van der Waals surface area (Å²) < 4.78 is 41.2. The predicted octanol–water partition coefficient (Wildman–Crippen LogP) is 3.63. The minimum Gasteiger partial charge on any atom is -0.366 e. The van der Waals surface area contributed by atoms with Gasteiger partial charge in [-0.1, -0.05) is 6.42 Å². The second kappa shape index (κ2) is 12.5. The Morgan fingerprint density at radius 3 is 2.50 bits per heavy atom. The highest BCUT2D eigenvalue weighted by Crippen LogP contribution is 2.36. The molecule has 1 saturated carbocycles. The number of anilines is 3. The number of aromatic nitrogens is 2. The average Bonchev–Trinajstić information content (AvgIpc) is 3.39. The minimum absolute atomic E-state index is 0.0681. The van der Waals surface area contributed by atoms with E-state index in [0.29, 0.717) is 36.7 Å². The molecule has 0 unspecified atom stereocenters. The standard InChI is InChI=1S/C27H33F3N8O2/c1-37-14-10-19(11-15-37)38(2)25(40)17-6-8-18(9-7-17)34-26-33-16-21(27(28,29)30)23(36-26)35-22-5-3-4-20(22)24(39)32-13-12-31/h6-9,16,19-20,22H,3-5,10-11,13-15H2,1-2H3,(H,32,39)(H2,33,34,35,36)/t20-,22+/m0/s1. The summed E-state index contributed by atoms with van der Waals surface area (Å²) in [5.41, 5.74) is -0.0394. The summed E-state index contributed by atoms with van der Waals surface area (Å²) in [6.07, 6.45) is -0.567. The number of benzene rings is 1. The van der Waals surface area contributed by atoms with Crippen molar-refractivity contribution in [2.75, 3.05) is 44.4 Å². The van der Waals surface area contributed by atoms with Crippen LogP contribution in [0.5, 0.6) is 0 Å². The first-order valence-electron chi connectivity index (χ1n) is 13.2. The van der Waals surface area contributed by atoms with Crippen LogP contribution in [0.1, 0.15) is 48.0 Å². The van der Waals surface area contributed by atoms with E-state index >= 15 is 0 Å². The van der Waals surface area contributed by atoms with Crippen LogP contribution in [-0.2, 0) is 11.0 Å². The van der Waals surface area contributed by atoms with Gasteiger partial charge in [0.2, 0.25) is 11.9 Å². The van der Waals surface area contributed by atoms with Gasteiger partial charge in [0.25, 0.3) is 5.91 Å². The van der Waals surface area contributed by atoms with Gasteiger partial charge < -0.3 is 25.8 Å². The van der Waals surface area contributed by atoms with Gasteiger partial charge in [-0.05, 0) is 70.1 Å². The van der Waals surface area contributed by atoms with Crippen molar-refractivity contribution in [3.63, 3.8) is 0 Å². The van der Waals surface area contributed by atoms with E-state index in [1.807, 2.05) is 6.07 Å². The van der Waals surface area contributed by atoms with Crippen molar-refractivity contribution in [1.82, 2.24) is 25.1 Å². The highest BCUT2D eigenvalue weighted by molar-refractivity contribution is 5.94. The third kappa shape index (κ3) is 6.98. The van der Waals surface area contributed by atoms with Gasteiger partial charge in [0, 0.05) is 36.6 Å². The van der Waals surface area contributed by atoms with Gasteiger partial charge >= 0.3 is 6.18 Å². The van der Waals surface area contributed by atoms with Crippen molar-refractivity contribution in [2.45, 2.75) is 50.4 Å². The number of carbonyl (C=O) groups is 2. The van der Waals surface area contributed by atoms with Gasteiger partial charge in [-0.25, -0.2) is 4.98 Å². The SMILES string of the molecule is CN1CCC(N(C)C(=O)c2ccc(Nc3ncc(C(F)(F)F)c(N[C@@H]4CCC[C@@H]4C(=O)NCC#N)n3)cc2)CC1. The molecule has 13 heteroatoms. The number of piperidine rings is 1. The van der Waals surface area contributed by atoms with E-state index in [1.54, 1.807) is 36.2 Å². The lowest BCUT2D eigenvalue weighted by molar-refractivity contribution is -0.137. The number of halogens is 3. The van der Waals surface area contributed by atoms with Crippen LogP contribution in [0.15, 0.2) is 30.5 Å². The Balaban J connectivity index is 1.47. The van der Waals surface area contributed by atoms with Crippen molar-refractivity contribution >= 4 is 29.3 Å². The number of nitriles is 1. The fourth-order valence-corrected chi connectivity index (χ4v) is 5.22. The Morgan fingerprint density at radius 2 is 1.85 bits per heavy atom. The van der Waals surface area contributed by atoms with E-state index < -0.39 is 29.5 Å². The molecule has 1 aromatic carbocycles. The second-order valence-corrected chi connectivity index (χ2v) is 10.3. The molecule has 1 saturated heterocycles. The van der Waals surface area contributed by atoms with Gasteiger partial charge in [0.05, 0.1) is 12.0 Å². The van der Waals surface area contributed by atoms with Crippen molar-refractivity contribution < 1.29 is 22.8 Å². The third-order valence-corrected chi connectivity index (χ3v) is 7.55. The Kier molecular flexibility index (Phi) is 9.09. The van der Waals surface area contributed by atoms with Gasteiger partial charge in [0.15, 0.2) is 0 Å². The molecule has 2 fully saturated rings. The molecule has 1 aliphatic carbocycles. The lowest BCUT2D eigenvalue weighted by atomic mass is 10.0. The molecular formula is C27H33F3N8O2. The van der Waals surface area contributed by atoms with E-state index in [2.05, 4.69) is 37.9 Å². The molecule has 2 heterocycles. The first-order valence-corrected chi connectivity index (χ1v) is 13.2. The predicted molar refractivity (Wildman–Crippen MR) is 143 cm³/mol. The van der Waals surface area contributed by atoms with Crippen LogP contribution < -0.4 is 16.0 Å². The van der Waals surface area contributed by atoms with E-state index in [1.165, 1.54) is 0 Å². The van der Waals surface area contributed by atoms with E-state index in [9.17, 15) is 22.8 Å². The number of nitrogens with one attached hydrogen (secondary N) is 3. The number of amides is 2. The fourth-order valence-electron chi connectivity index (χ4n) is 5.22. The van der Waals surface area contributed by atoms with Crippen molar-refractivity contribution in [3.05, 3.63) is 41.6 Å². The van der Waals surface area contributed by atoms with Crippen molar-refractivity contribution in [3.8, 4) is 6.07 Å². The number of nitrogens with zero attached hydrogens (tertiary/aromatic N) is 5. The molecule has 1 aromatic heterocycles. The molecule has 2 aliphatic rings. The van der Waals surface area contributed by atoms with Crippen LogP contribution in [0, 0.1) is 17.2 Å². The van der Waals surface area contributed by atoms with Gasteiger partial charge in [-0.3, -0.25) is 9.59 Å². The molecule has 10 nitrogen and oxygen atoms in total. The number of alkyl halides is 3. The molecule has 2 amide bonds. The Labute approximate surface area is 231 Å². The maximum atomic E-state index is 13.7. The number of rotatable bonds is 8. The number of likely N-dealkylation sites (tertiary alicyclic amines) is 1. The summed E-state index contributed by atoms with van der Waals surface area (Å²) in [4.78, 5) is 37.3. The molecule has 214 valence electrons. The normalized spacial score (nSPS) is 20.0. The Morgan fingerprint density at radius 1 is 1.15 bits per heavy atom. The smallest absolute Gasteiger partial charge is 0.366 e. The molecule has 0 spiro atoms. The number of hydrogen-bond acceptors (Lipinski definition) is 8. The molecule has 0 bridgehead atoms. The number of carbonyl (C=O) groups excluding carboxylic acids is 2. The largest absolute Gasteiger partial charge is 0.421 e. The third-order valence-electron chi connectivity index (χ3n) is 7.55. The maximum Gasteiger partial charge on any atom is 0.421 e. The molecule has 3 N–H and O–H groups in total. The molecule has 4 rings (SSSR count). The second-order valence-electron chi connectivity index (χ2n) is 10.3. The molecule has 2 atom stereocenters. The monoisotopic (exact) mass is 558 g/mol. The van der Waals surface area contributed by atoms with Gasteiger partial charge in [-0.15, -0.1) is 0 Å². The average molecular weight is 559 g/mol. The minimum atomic E-state index is -4.71. The highest BCUT2D eigenvalue weighted by atomic mass is 19.4. The fraction of sp³-hybridized carbons (Fsp3) is 0.519. The van der Waals surface area contributed by atoms with Crippen molar-refractivity contribution in [2.24, 2.45) is 5.92 Å². The van der Waals surface area contributed by atoms with E-state index in [-0.39, 0.29) is 30.3 Å². The summed E-state index contributed by atoms with van der Waals surface area (Å²) in [7, 11) is 3.86. The van der Waals surface area contributed by atoms with Gasteiger partial charge in [0.1, 0.15) is 17.9 Å². The number of hydrogen-bond donors (Lipinski definition) is 3. The summed E-state index contributed by atoms with van der Waals surface area (Å²) in [5, 5.41) is 16.9. The van der Waals surface area contributed by atoms with Gasteiger partial charge in [-0.2, -0.15) is 23.4 Å². The van der Waals surface area contributed by atoms with Crippen LogP contribution >= 0.6 is 0 Å². The zero-order valence-electron chi connectivity index (χ0n) is 22.5. The Hall–Kier alpha value is -3.92. The van der Waals surface area contributed by atoms with E-state index in [0.717, 1.165) is 25.9 Å². The van der Waals surface area contributed by atoms with Crippen LogP contribution in [0.25, 0.3) is 0 Å². The van der Waals surface area contributed by atoms with E-state index in [4.69, 9.17) is 5.26 Å². The quantitative estimate of drug-likeness (QED) is 0.420. The van der Waals surface area contributed by atoms with Crippen LogP contribution in [-0.4, -0.2) is 77.4 Å². The highest BCUT2D eigenvalue weighted by Gasteiger charge is 2.38. The summed E-state index contributed by atoms with van der Waals surface area (Å²) in [6.45, 7) is 1.70. The zero-order valence-corrected chi connectivity index (χ0v) is 22.5. The summed E-state index contributed by atoms with van der Waals surface area (Å²) >= 11 is 0. The van der Waals surface area contributed by atoms with Crippen molar-refractivity contribution in [1.29, 1.82) is 5.26 Å². The first-order chi connectivity index (χ1) is 19.1. The summed E-state index contributed by atoms with van der Waals surface area (Å²) in [6, 6.07) is 8.03. The molecule has 1 aliphatic heterocycles.